The highest BCUT2D eigenvalue weighted by Gasteiger charge is 2.28. The second-order valence-electron chi connectivity index (χ2n) is 8.55. The molecule has 0 saturated heterocycles. The summed E-state index contributed by atoms with van der Waals surface area (Å²) in [6.45, 7) is 1.54. The van der Waals surface area contributed by atoms with E-state index in [0.717, 1.165) is 52.9 Å². The lowest BCUT2D eigenvalue weighted by atomic mass is 9.90. The van der Waals surface area contributed by atoms with E-state index in [1.54, 1.807) is 12.1 Å². The maximum atomic E-state index is 11.4. The Bertz CT molecular complexity index is 1270. The lowest BCUT2D eigenvalue weighted by molar-refractivity contribution is 0.0696. The molecule has 1 atom stereocenters. The number of nitrogens with one attached hydrogen (secondary N) is 1. The van der Waals surface area contributed by atoms with Crippen molar-refractivity contribution in [2.45, 2.75) is 44.9 Å². The molecule has 0 aliphatic heterocycles. The van der Waals surface area contributed by atoms with Crippen LogP contribution in [0.5, 0.6) is 0 Å². The number of nitrogens with two attached hydrogens (primary N) is 1. The summed E-state index contributed by atoms with van der Waals surface area (Å²) in [5.74, 6) is -0.0449. The highest BCUT2D eigenvalue weighted by molar-refractivity contribution is 5.87. The van der Waals surface area contributed by atoms with Gasteiger partial charge in [-0.1, -0.05) is 24.3 Å². The van der Waals surface area contributed by atoms with Crippen molar-refractivity contribution in [3.05, 3.63) is 94.6 Å². The molecule has 7 heteroatoms. The number of aromatic nitrogens is 3. The van der Waals surface area contributed by atoms with Crippen molar-refractivity contribution in [1.29, 1.82) is 0 Å². The van der Waals surface area contributed by atoms with Gasteiger partial charge in [0.15, 0.2) is 0 Å². The molecule has 0 radical (unpaired) electrons. The molecule has 1 aliphatic rings. The molecule has 168 valence electrons. The number of carboxylic acids is 1. The summed E-state index contributed by atoms with van der Waals surface area (Å²) in [6.07, 6.45) is 5.01. The Morgan fingerprint density at radius 3 is 2.82 bits per heavy atom. The van der Waals surface area contributed by atoms with E-state index in [1.165, 1.54) is 5.56 Å². The van der Waals surface area contributed by atoms with Crippen molar-refractivity contribution in [1.82, 2.24) is 19.9 Å². The number of hydrogen-bond donors (Lipinski definition) is 3. The number of aryl methyl sites for hydroxylation is 1. The van der Waals surface area contributed by atoms with Gasteiger partial charge < -0.3 is 15.8 Å². The fraction of sp³-hybridized carbons (Fsp3) is 0.269. The van der Waals surface area contributed by atoms with Gasteiger partial charge >= 0.3 is 5.97 Å². The molecule has 1 unspecified atom stereocenters. The van der Waals surface area contributed by atoms with Gasteiger partial charge in [0.05, 0.1) is 34.9 Å². The molecule has 0 bridgehead atoms. The fourth-order valence-electron chi connectivity index (χ4n) is 4.81. The summed E-state index contributed by atoms with van der Waals surface area (Å²) in [5, 5.41) is 9.38. The zero-order chi connectivity index (χ0) is 22.8. The number of benzene rings is 2. The topological polar surface area (TPSA) is 108 Å². The monoisotopic (exact) mass is 441 g/mol. The number of aromatic amines is 1. The normalized spacial score (nSPS) is 15.6. The number of hydrogen-bond acceptors (Lipinski definition) is 5. The molecule has 0 spiro atoms. The molecule has 7 nitrogen and oxygen atoms in total. The number of rotatable bonds is 7. The van der Waals surface area contributed by atoms with Crippen LogP contribution < -0.4 is 5.73 Å². The minimum absolute atomic E-state index is 0.146. The zero-order valence-electron chi connectivity index (χ0n) is 18.4. The van der Waals surface area contributed by atoms with Gasteiger partial charge in [-0.2, -0.15) is 0 Å². The lowest BCUT2D eigenvalue weighted by Crippen LogP contribution is -2.32. The van der Waals surface area contributed by atoms with Crippen LogP contribution in [0.4, 0.5) is 0 Å². The molecule has 0 amide bonds. The molecule has 33 heavy (non-hydrogen) atoms. The summed E-state index contributed by atoms with van der Waals surface area (Å²) in [7, 11) is 0. The Hall–Kier alpha value is -3.55. The Balaban J connectivity index is 1.52. The van der Waals surface area contributed by atoms with Crippen LogP contribution in [0.25, 0.3) is 11.0 Å². The van der Waals surface area contributed by atoms with Gasteiger partial charge in [-0.15, -0.1) is 0 Å². The number of para-hydroxylation sites is 2. The van der Waals surface area contributed by atoms with Crippen molar-refractivity contribution in [2.24, 2.45) is 5.73 Å². The van der Waals surface area contributed by atoms with Gasteiger partial charge in [0.25, 0.3) is 0 Å². The fourth-order valence-corrected chi connectivity index (χ4v) is 4.81. The molecule has 4 N–H and O–H groups in total. The predicted molar refractivity (Wildman–Crippen MR) is 127 cm³/mol. The third kappa shape index (κ3) is 4.37. The van der Waals surface area contributed by atoms with Crippen molar-refractivity contribution in [2.75, 3.05) is 0 Å². The smallest absolute Gasteiger partial charge is 0.335 e. The maximum absolute atomic E-state index is 11.4. The second kappa shape index (κ2) is 9.13. The van der Waals surface area contributed by atoms with Gasteiger partial charge in [0.2, 0.25) is 0 Å². The van der Waals surface area contributed by atoms with E-state index in [9.17, 15) is 9.90 Å². The summed E-state index contributed by atoms with van der Waals surface area (Å²) in [4.78, 5) is 26.8. The molecule has 0 saturated carbocycles. The lowest BCUT2D eigenvalue weighted by Gasteiger charge is -2.35. The van der Waals surface area contributed by atoms with Crippen LogP contribution in [-0.4, -0.2) is 30.9 Å². The van der Waals surface area contributed by atoms with Gasteiger partial charge in [-0.05, 0) is 66.3 Å². The third-order valence-corrected chi connectivity index (χ3v) is 6.44. The van der Waals surface area contributed by atoms with Crippen LogP contribution >= 0.6 is 0 Å². The van der Waals surface area contributed by atoms with Crippen molar-refractivity contribution in [3.63, 3.8) is 0 Å². The van der Waals surface area contributed by atoms with Crippen LogP contribution in [0.1, 0.15) is 57.5 Å². The first-order valence-corrected chi connectivity index (χ1v) is 11.3. The van der Waals surface area contributed by atoms with Crippen molar-refractivity contribution >= 4 is 17.0 Å². The first kappa shape index (κ1) is 21.3. The summed E-state index contributed by atoms with van der Waals surface area (Å²) in [6, 6.07) is 17.6. The minimum atomic E-state index is -0.944. The molecular formula is C26H27N5O2. The number of carboxylic acid groups (broad SMARTS) is 1. The number of nitrogens with zero attached hydrogens (tertiary/aromatic N) is 3. The number of pyridine rings is 1. The van der Waals surface area contributed by atoms with E-state index in [0.29, 0.717) is 13.1 Å². The molecule has 2 aromatic heterocycles. The number of aromatic carboxylic acids is 1. The highest BCUT2D eigenvalue weighted by Crippen LogP contribution is 2.35. The minimum Gasteiger partial charge on any atom is -0.478 e. The number of carbonyl (C=O) groups is 1. The largest absolute Gasteiger partial charge is 0.478 e. The summed E-state index contributed by atoms with van der Waals surface area (Å²) < 4.78 is 0. The molecule has 1 aliphatic carbocycles. The summed E-state index contributed by atoms with van der Waals surface area (Å²) in [5.41, 5.74) is 12.5. The SMILES string of the molecule is NCc1cc(C(=O)O)ccc1CN(Cc1nc2ccccc2[nH]1)C1CCCc2cccnc21. The maximum Gasteiger partial charge on any atom is 0.335 e. The van der Waals surface area contributed by atoms with Crippen molar-refractivity contribution in [3.8, 4) is 0 Å². The van der Waals surface area contributed by atoms with E-state index >= 15 is 0 Å². The first-order chi connectivity index (χ1) is 16.1. The Morgan fingerprint density at radius 1 is 1.12 bits per heavy atom. The molecule has 2 heterocycles. The van der Waals surface area contributed by atoms with Crippen LogP contribution in [0, 0.1) is 0 Å². The Kier molecular flexibility index (Phi) is 5.90. The summed E-state index contributed by atoms with van der Waals surface area (Å²) >= 11 is 0. The average molecular weight is 442 g/mol. The van der Waals surface area contributed by atoms with E-state index in [-0.39, 0.29) is 18.2 Å². The average Bonchev–Trinajstić information content (AvgIpc) is 3.26. The quantitative estimate of drug-likeness (QED) is 0.397. The van der Waals surface area contributed by atoms with E-state index in [1.807, 2.05) is 42.6 Å². The number of H-pyrrole nitrogens is 1. The van der Waals surface area contributed by atoms with E-state index in [2.05, 4.69) is 16.0 Å². The van der Waals surface area contributed by atoms with E-state index < -0.39 is 5.97 Å². The number of fused-ring (bicyclic) bond motifs is 2. The predicted octanol–water partition coefficient (Wildman–Crippen LogP) is 4.19. The van der Waals surface area contributed by atoms with Gasteiger partial charge in [0.1, 0.15) is 5.82 Å². The zero-order valence-corrected chi connectivity index (χ0v) is 18.4. The Morgan fingerprint density at radius 2 is 2.00 bits per heavy atom. The van der Waals surface area contributed by atoms with Crippen LogP contribution in [-0.2, 0) is 26.1 Å². The molecule has 0 fully saturated rings. The van der Waals surface area contributed by atoms with Crippen LogP contribution in [0.2, 0.25) is 0 Å². The van der Waals surface area contributed by atoms with Gasteiger partial charge in [0, 0.05) is 19.3 Å². The Labute approximate surface area is 192 Å². The highest BCUT2D eigenvalue weighted by atomic mass is 16.4. The number of imidazole rings is 1. The van der Waals surface area contributed by atoms with Gasteiger partial charge in [-0.25, -0.2) is 9.78 Å². The third-order valence-electron chi connectivity index (χ3n) is 6.44. The standard InChI is InChI=1S/C26H27N5O2/c27-14-20-13-18(26(32)33)10-11-19(20)15-31(16-24-29-21-7-1-2-8-22(21)30-24)23-9-3-5-17-6-4-12-28-25(17)23/h1-2,4,6-8,10-13,23H,3,5,9,14-16,27H2,(H,29,30)(H,32,33). The molecule has 5 rings (SSSR count). The molecular weight excluding hydrogens is 414 g/mol. The molecule has 4 aromatic rings. The molecule has 2 aromatic carbocycles. The van der Waals surface area contributed by atoms with Crippen molar-refractivity contribution < 1.29 is 9.90 Å². The van der Waals surface area contributed by atoms with Crippen LogP contribution in [0.15, 0.2) is 60.8 Å². The first-order valence-electron chi connectivity index (χ1n) is 11.3. The van der Waals surface area contributed by atoms with Gasteiger partial charge in [-0.3, -0.25) is 9.88 Å². The second-order valence-corrected chi connectivity index (χ2v) is 8.55. The van der Waals surface area contributed by atoms with Crippen LogP contribution in [0.3, 0.4) is 0 Å². The van der Waals surface area contributed by atoms with E-state index in [4.69, 9.17) is 15.7 Å².